The molecular weight excluding hydrogens is 614 g/mol. The first-order chi connectivity index (χ1) is 23.4. The van der Waals surface area contributed by atoms with E-state index in [0.29, 0.717) is 47.4 Å². The highest BCUT2D eigenvalue weighted by molar-refractivity contribution is 5.95. The molecule has 6 rings (SSSR count). The lowest BCUT2D eigenvalue weighted by Crippen LogP contribution is -2.23. The first-order valence-corrected chi connectivity index (χ1v) is 14.7. The van der Waals surface area contributed by atoms with Crippen LogP contribution in [-0.2, 0) is 17.8 Å². The van der Waals surface area contributed by atoms with E-state index in [9.17, 15) is 9.59 Å². The fourth-order valence-corrected chi connectivity index (χ4v) is 4.58. The molecule has 0 spiro atoms. The van der Waals surface area contributed by atoms with Gasteiger partial charge in [-0.05, 0) is 66.2 Å². The van der Waals surface area contributed by atoms with Crippen LogP contribution in [0, 0.1) is 0 Å². The molecule has 0 unspecified atom stereocenters. The van der Waals surface area contributed by atoms with Gasteiger partial charge in [-0.2, -0.15) is 0 Å². The number of anilines is 1. The normalized spacial score (nSPS) is 10.3. The van der Waals surface area contributed by atoms with Gasteiger partial charge in [0.25, 0.3) is 5.91 Å². The van der Waals surface area contributed by atoms with Gasteiger partial charge >= 0.3 is 0 Å². The van der Waals surface area contributed by atoms with E-state index in [1.54, 1.807) is 50.9 Å². The van der Waals surface area contributed by atoms with Gasteiger partial charge in [0.15, 0.2) is 24.3 Å². The smallest absolute Gasteiger partial charge is 0.251 e. The fraction of sp³-hybridized carbons (Fsp3) is 0.139. The van der Waals surface area contributed by atoms with Gasteiger partial charge in [-0.1, -0.05) is 18.2 Å². The van der Waals surface area contributed by atoms with Gasteiger partial charge in [0.1, 0.15) is 11.5 Å². The number of pyridine rings is 1. The molecule has 0 aliphatic heterocycles. The standard InChI is InChI=1S/C18H17N3O4.C18H16N2O3/c1-23-15-8-12(6-7-14(15)16-10-19-11-25-16)18(22)20-9-13-4-3-5-17(21-13)24-2;1-22-16-4-2-3-13(9-16)10-18(21)20-15-7-5-14(6-8-15)17-11-19-12-23-17/h3-8,10-11H,9H2,1-2H3,(H,20,22);2-9,11-12H,10H2,1H3,(H,20,21). The summed E-state index contributed by atoms with van der Waals surface area (Å²) < 4.78 is 26.1. The van der Waals surface area contributed by atoms with Crippen LogP contribution in [0.15, 0.2) is 119 Å². The van der Waals surface area contributed by atoms with Crippen LogP contribution in [0.5, 0.6) is 17.4 Å². The minimum Gasteiger partial charge on any atom is -0.497 e. The number of nitrogens with one attached hydrogen (secondary N) is 2. The molecule has 2 amide bonds. The van der Waals surface area contributed by atoms with Crippen molar-refractivity contribution in [3.63, 3.8) is 0 Å². The van der Waals surface area contributed by atoms with Crippen LogP contribution in [0.1, 0.15) is 21.6 Å². The highest BCUT2D eigenvalue weighted by Crippen LogP contribution is 2.30. The Hall–Kier alpha value is -6.43. The minimum absolute atomic E-state index is 0.0781. The fourth-order valence-electron chi connectivity index (χ4n) is 4.58. The molecule has 12 nitrogen and oxygen atoms in total. The van der Waals surface area contributed by atoms with Gasteiger partial charge < -0.3 is 33.7 Å². The molecule has 3 aromatic heterocycles. The zero-order valence-electron chi connectivity index (χ0n) is 26.5. The SMILES string of the molecule is COc1cccc(CC(=O)Nc2ccc(-c3cnco3)cc2)c1.COc1cccc(CNC(=O)c2ccc(-c3cnco3)c(OC)c2)n1. The number of hydrogen-bond acceptors (Lipinski definition) is 10. The van der Waals surface area contributed by atoms with E-state index in [-0.39, 0.29) is 11.8 Å². The topological polar surface area (TPSA) is 151 Å². The van der Waals surface area contributed by atoms with Crippen molar-refractivity contribution in [1.29, 1.82) is 0 Å². The van der Waals surface area contributed by atoms with Crippen LogP contribution in [0.25, 0.3) is 22.6 Å². The number of ether oxygens (including phenoxy) is 3. The van der Waals surface area contributed by atoms with Gasteiger partial charge in [-0.25, -0.2) is 15.0 Å². The number of nitrogens with zero attached hydrogens (tertiary/aromatic N) is 3. The van der Waals surface area contributed by atoms with Crippen molar-refractivity contribution in [1.82, 2.24) is 20.3 Å². The number of methoxy groups -OCH3 is 3. The molecule has 0 aliphatic rings. The maximum atomic E-state index is 12.4. The summed E-state index contributed by atoms with van der Waals surface area (Å²) in [7, 11) is 4.69. The summed E-state index contributed by atoms with van der Waals surface area (Å²) in [5.41, 5.74) is 4.46. The zero-order chi connectivity index (χ0) is 33.7. The molecule has 0 fully saturated rings. The lowest BCUT2D eigenvalue weighted by atomic mass is 10.1. The highest BCUT2D eigenvalue weighted by atomic mass is 16.5. The van der Waals surface area contributed by atoms with Crippen molar-refractivity contribution >= 4 is 17.5 Å². The van der Waals surface area contributed by atoms with Crippen LogP contribution in [0.3, 0.4) is 0 Å². The molecule has 0 radical (unpaired) electrons. The molecule has 244 valence electrons. The van der Waals surface area contributed by atoms with Crippen LogP contribution in [-0.4, -0.2) is 48.1 Å². The van der Waals surface area contributed by atoms with Gasteiger partial charge in [0, 0.05) is 22.9 Å². The second-order valence-corrected chi connectivity index (χ2v) is 10.2. The average molecular weight is 648 g/mol. The maximum Gasteiger partial charge on any atom is 0.251 e. The summed E-state index contributed by atoms with van der Waals surface area (Å²) in [6.45, 7) is 0.294. The number of carbonyl (C=O) groups excluding carboxylic acids is 2. The summed E-state index contributed by atoms with van der Waals surface area (Å²) in [6, 6.07) is 25.4. The lowest BCUT2D eigenvalue weighted by Gasteiger charge is -2.10. The van der Waals surface area contributed by atoms with Gasteiger partial charge in [-0.15, -0.1) is 0 Å². The molecule has 0 saturated carbocycles. The summed E-state index contributed by atoms with van der Waals surface area (Å²) in [4.78, 5) is 36.5. The predicted octanol–water partition coefficient (Wildman–Crippen LogP) is 6.22. The summed E-state index contributed by atoms with van der Waals surface area (Å²) in [6.07, 6.45) is 6.26. The van der Waals surface area contributed by atoms with Crippen molar-refractivity contribution in [2.24, 2.45) is 0 Å². The third-order valence-electron chi connectivity index (χ3n) is 6.97. The Labute approximate surface area is 276 Å². The van der Waals surface area contributed by atoms with Crippen molar-refractivity contribution in [3.8, 4) is 40.0 Å². The first-order valence-electron chi connectivity index (χ1n) is 14.7. The Balaban J connectivity index is 0.000000188. The second kappa shape index (κ2) is 16.2. The zero-order valence-corrected chi connectivity index (χ0v) is 26.5. The number of carbonyl (C=O) groups is 2. The highest BCUT2D eigenvalue weighted by Gasteiger charge is 2.14. The van der Waals surface area contributed by atoms with Gasteiger partial charge in [-0.3, -0.25) is 9.59 Å². The Morgan fingerprint density at radius 3 is 2.21 bits per heavy atom. The predicted molar refractivity (Wildman–Crippen MR) is 178 cm³/mol. The molecule has 48 heavy (non-hydrogen) atoms. The van der Waals surface area contributed by atoms with Gasteiger partial charge in [0.05, 0.1) is 57.9 Å². The molecule has 0 aliphatic carbocycles. The third kappa shape index (κ3) is 8.85. The number of amides is 2. The summed E-state index contributed by atoms with van der Waals surface area (Å²) in [5, 5.41) is 5.70. The number of hydrogen-bond donors (Lipinski definition) is 2. The molecular formula is C36H33N5O7. The van der Waals surface area contributed by atoms with Crippen LogP contribution in [0.2, 0.25) is 0 Å². The van der Waals surface area contributed by atoms with Crippen LogP contribution in [0.4, 0.5) is 5.69 Å². The Kier molecular flexibility index (Phi) is 11.1. The van der Waals surface area contributed by atoms with Gasteiger partial charge in [0.2, 0.25) is 11.8 Å². The van der Waals surface area contributed by atoms with E-state index in [0.717, 1.165) is 28.1 Å². The minimum atomic E-state index is -0.230. The molecule has 0 atom stereocenters. The van der Waals surface area contributed by atoms with Crippen molar-refractivity contribution in [3.05, 3.63) is 127 Å². The number of oxazole rings is 2. The Morgan fingerprint density at radius 2 is 1.52 bits per heavy atom. The molecule has 2 N–H and O–H groups in total. The quantitative estimate of drug-likeness (QED) is 0.166. The van der Waals surface area contributed by atoms with E-state index >= 15 is 0 Å². The van der Waals surface area contributed by atoms with E-state index in [2.05, 4.69) is 25.6 Å². The largest absolute Gasteiger partial charge is 0.497 e. The molecule has 0 bridgehead atoms. The maximum absolute atomic E-state index is 12.4. The van der Waals surface area contributed by atoms with Crippen molar-refractivity contribution < 1.29 is 32.6 Å². The molecule has 3 heterocycles. The van der Waals surface area contributed by atoms with Crippen LogP contribution >= 0.6 is 0 Å². The summed E-state index contributed by atoms with van der Waals surface area (Å²) >= 11 is 0. The van der Waals surface area contributed by atoms with Crippen LogP contribution < -0.4 is 24.8 Å². The van der Waals surface area contributed by atoms with Crippen molar-refractivity contribution in [2.45, 2.75) is 13.0 Å². The molecule has 12 heteroatoms. The monoisotopic (exact) mass is 647 g/mol. The average Bonchev–Trinajstić information content (AvgIpc) is 3.87. The first kappa shape index (κ1) is 32.9. The summed E-state index contributed by atoms with van der Waals surface area (Å²) in [5.74, 6) is 2.74. The molecule has 0 saturated heterocycles. The second-order valence-electron chi connectivity index (χ2n) is 10.2. The van der Waals surface area contributed by atoms with Crippen molar-refractivity contribution in [2.75, 3.05) is 26.6 Å². The molecule has 3 aromatic carbocycles. The Bertz CT molecular complexity index is 1930. The Morgan fingerprint density at radius 1 is 0.771 bits per heavy atom. The van der Waals surface area contributed by atoms with E-state index in [1.807, 2.05) is 60.7 Å². The lowest BCUT2D eigenvalue weighted by molar-refractivity contribution is -0.115. The number of rotatable bonds is 11. The number of benzene rings is 3. The van der Waals surface area contributed by atoms with E-state index in [4.69, 9.17) is 23.0 Å². The number of aromatic nitrogens is 3. The van der Waals surface area contributed by atoms with E-state index < -0.39 is 0 Å². The van der Waals surface area contributed by atoms with E-state index in [1.165, 1.54) is 19.9 Å². The molecule has 6 aromatic rings. The third-order valence-corrected chi connectivity index (χ3v) is 6.97.